The highest BCUT2D eigenvalue weighted by molar-refractivity contribution is 6.35. The molecule has 1 aromatic heterocycles. The van der Waals surface area contributed by atoms with Crippen LogP contribution in [0.2, 0.25) is 5.02 Å². The van der Waals surface area contributed by atoms with Gasteiger partial charge in [0.2, 0.25) is 5.89 Å². The topological polar surface area (TPSA) is 46.3 Å². The molecule has 0 saturated carbocycles. The number of oxazole rings is 1. The van der Waals surface area contributed by atoms with Crippen LogP contribution in [0, 0.1) is 0 Å². The number of halogens is 4. The van der Waals surface area contributed by atoms with Gasteiger partial charge in [-0.15, -0.1) is 0 Å². The fraction of sp³-hybridized carbons (Fsp3) is 0.100. The van der Waals surface area contributed by atoms with Crippen LogP contribution in [0.25, 0.3) is 33.3 Å². The van der Waals surface area contributed by atoms with E-state index < -0.39 is 12.1 Å². The van der Waals surface area contributed by atoms with Crippen molar-refractivity contribution in [3.8, 4) is 11.5 Å². The molecule has 4 aromatic rings. The van der Waals surface area contributed by atoms with Crippen LogP contribution in [-0.4, -0.2) is 24.1 Å². The van der Waals surface area contributed by atoms with Crippen LogP contribution in [0.4, 0.5) is 18.9 Å². The van der Waals surface area contributed by atoms with Crippen molar-refractivity contribution in [1.82, 2.24) is 4.98 Å². The predicted molar refractivity (Wildman–Crippen MR) is 101 cm³/mol. The van der Waals surface area contributed by atoms with E-state index in [1.54, 1.807) is 6.07 Å². The van der Waals surface area contributed by atoms with Crippen LogP contribution < -0.4 is 4.90 Å². The Bertz CT molecular complexity index is 1220. The van der Waals surface area contributed by atoms with E-state index in [9.17, 15) is 18.0 Å². The van der Waals surface area contributed by atoms with Gasteiger partial charge in [0.1, 0.15) is 5.52 Å². The first-order valence-electron chi connectivity index (χ1n) is 8.19. The van der Waals surface area contributed by atoms with E-state index in [2.05, 4.69) is 4.98 Å². The van der Waals surface area contributed by atoms with Gasteiger partial charge in [0.25, 0.3) is 0 Å². The van der Waals surface area contributed by atoms with Gasteiger partial charge in [-0.1, -0.05) is 35.9 Å². The summed E-state index contributed by atoms with van der Waals surface area (Å²) in [6, 6.07) is 15.2. The molecule has 0 atom stereocenters. The van der Waals surface area contributed by atoms with Gasteiger partial charge in [0.15, 0.2) is 5.58 Å². The predicted octanol–water partition coefficient (Wildman–Crippen LogP) is 5.83. The highest BCUT2D eigenvalue weighted by Gasteiger charge is 2.41. The molecule has 4 nitrogen and oxygen atoms in total. The summed E-state index contributed by atoms with van der Waals surface area (Å²) in [6.45, 7) is 0. The second kappa shape index (κ2) is 6.53. The number of aromatic nitrogens is 1. The first kappa shape index (κ1) is 18.3. The second-order valence-electron chi connectivity index (χ2n) is 6.17. The zero-order valence-electron chi connectivity index (χ0n) is 14.4. The van der Waals surface area contributed by atoms with E-state index in [0.717, 1.165) is 17.8 Å². The smallest absolute Gasteiger partial charge is 0.436 e. The molecule has 3 aromatic carbocycles. The molecule has 0 aliphatic carbocycles. The zero-order chi connectivity index (χ0) is 20.1. The molecule has 0 unspecified atom stereocenters. The largest absolute Gasteiger partial charge is 0.471 e. The van der Waals surface area contributed by atoms with Gasteiger partial charge >= 0.3 is 12.1 Å². The number of alkyl halides is 3. The average molecular weight is 405 g/mol. The number of hydrogen-bond acceptors (Lipinski definition) is 3. The normalized spacial score (nSPS) is 11.9. The molecule has 0 bridgehead atoms. The molecule has 0 spiro atoms. The third-order valence-electron chi connectivity index (χ3n) is 4.40. The Hall–Kier alpha value is -3.06. The molecular weight excluding hydrogens is 393 g/mol. The highest BCUT2D eigenvalue weighted by atomic mass is 35.5. The molecule has 0 aliphatic rings. The Labute approximate surface area is 162 Å². The molecule has 0 aliphatic heterocycles. The van der Waals surface area contributed by atoms with Crippen molar-refractivity contribution < 1.29 is 22.4 Å². The standard InChI is InChI=1S/C20H12ClF3N2O2/c1-26(19(27)20(22,23)24)11-8-9-17-16(10-11)25-18(28-17)14-6-2-5-13-12(14)4-3-7-15(13)21/h2-10H,1H3. The van der Waals surface area contributed by atoms with Crippen LogP contribution in [0.1, 0.15) is 0 Å². The SMILES string of the molecule is CN(C(=O)C(F)(F)F)c1ccc2oc(-c3cccc4c(Cl)cccc34)nc2c1. The number of fused-ring (bicyclic) bond motifs is 2. The minimum atomic E-state index is -4.96. The summed E-state index contributed by atoms with van der Waals surface area (Å²) >= 11 is 6.24. The molecule has 0 radical (unpaired) electrons. The van der Waals surface area contributed by atoms with Gasteiger partial charge in [-0.2, -0.15) is 13.2 Å². The molecule has 0 N–H and O–H groups in total. The Morgan fingerprint density at radius 1 is 1.07 bits per heavy atom. The monoisotopic (exact) mass is 404 g/mol. The number of anilines is 1. The lowest BCUT2D eigenvalue weighted by molar-refractivity contribution is -0.170. The van der Waals surface area contributed by atoms with Crippen molar-refractivity contribution in [2.45, 2.75) is 6.18 Å². The Balaban J connectivity index is 1.80. The van der Waals surface area contributed by atoms with Crippen molar-refractivity contribution in [2.24, 2.45) is 0 Å². The number of benzene rings is 3. The fourth-order valence-electron chi connectivity index (χ4n) is 3.01. The minimum Gasteiger partial charge on any atom is -0.436 e. The van der Waals surface area contributed by atoms with Gasteiger partial charge in [-0.05, 0) is 35.7 Å². The maximum Gasteiger partial charge on any atom is 0.471 e. The third-order valence-corrected chi connectivity index (χ3v) is 4.73. The molecule has 8 heteroatoms. The number of hydrogen-bond donors (Lipinski definition) is 0. The van der Waals surface area contributed by atoms with Crippen molar-refractivity contribution in [3.05, 3.63) is 59.6 Å². The van der Waals surface area contributed by atoms with E-state index in [1.165, 1.54) is 18.2 Å². The summed E-state index contributed by atoms with van der Waals surface area (Å²) in [4.78, 5) is 16.4. The summed E-state index contributed by atoms with van der Waals surface area (Å²) in [5.74, 6) is -1.65. The number of carbonyl (C=O) groups excluding carboxylic acids is 1. The minimum absolute atomic E-state index is 0.0654. The van der Waals surface area contributed by atoms with Crippen LogP contribution >= 0.6 is 11.6 Å². The van der Waals surface area contributed by atoms with E-state index in [-0.39, 0.29) is 5.69 Å². The number of nitrogens with zero attached hydrogens (tertiary/aromatic N) is 2. The van der Waals surface area contributed by atoms with Gasteiger partial charge in [0.05, 0.1) is 0 Å². The van der Waals surface area contributed by atoms with Gasteiger partial charge in [-0.3, -0.25) is 4.79 Å². The van der Waals surface area contributed by atoms with Crippen LogP contribution in [0.15, 0.2) is 59.0 Å². The van der Waals surface area contributed by atoms with Crippen molar-refractivity contribution in [2.75, 3.05) is 11.9 Å². The Kier molecular flexibility index (Phi) is 4.27. The molecule has 28 heavy (non-hydrogen) atoms. The molecule has 1 heterocycles. The quantitative estimate of drug-likeness (QED) is 0.422. The van der Waals surface area contributed by atoms with E-state index in [4.69, 9.17) is 16.0 Å². The zero-order valence-corrected chi connectivity index (χ0v) is 15.2. The maximum absolute atomic E-state index is 12.7. The van der Waals surface area contributed by atoms with Crippen LogP contribution in [0.5, 0.6) is 0 Å². The summed E-state index contributed by atoms with van der Waals surface area (Å²) in [5.41, 5.74) is 1.51. The van der Waals surface area contributed by atoms with Crippen LogP contribution in [0.3, 0.4) is 0 Å². The summed E-state index contributed by atoms with van der Waals surface area (Å²) in [7, 11) is 1.06. The lowest BCUT2D eigenvalue weighted by Gasteiger charge is -2.18. The summed E-state index contributed by atoms with van der Waals surface area (Å²) < 4.78 is 43.8. The fourth-order valence-corrected chi connectivity index (χ4v) is 3.24. The number of carbonyl (C=O) groups is 1. The van der Waals surface area contributed by atoms with Gasteiger partial charge in [0, 0.05) is 28.7 Å². The van der Waals surface area contributed by atoms with Gasteiger partial charge < -0.3 is 9.32 Å². The number of rotatable bonds is 2. The molecule has 142 valence electrons. The van der Waals surface area contributed by atoms with Crippen molar-refractivity contribution in [1.29, 1.82) is 0 Å². The maximum atomic E-state index is 12.7. The molecule has 0 fully saturated rings. The van der Waals surface area contributed by atoms with Crippen LogP contribution in [-0.2, 0) is 4.79 Å². The van der Waals surface area contributed by atoms with E-state index in [0.29, 0.717) is 32.5 Å². The lowest BCUT2D eigenvalue weighted by atomic mass is 10.0. The molecule has 1 amide bonds. The Morgan fingerprint density at radius 2 is 1.79 bits per heavy atom. The summed E-state index contributed by atoms with van der Waals surface area (Å²) in [5, 5.41) is 2.26. The first-order chi connectivity index (χ1) is 13.3. The molecule has 0 saturated heterocycles. The third kappa shape index (κ3) is 3.07. The van der Waals surface area contributed by atoms with Crippen molar-refractivity contribution in [3.63, 3.8) is 0 Å². The summed E-state index contributed by atoms with van der Waals surface area (Å²) in [6.07, 6.45) is -4.96. The van der Waals surface area contributed by atoms with Crippen molar-refractivity contribution >= 4 is 45.1 Å². The Morgan fingerprint density at radius 3 is 2.54 bits per heavy atom. The van der Waals surface area contributed by atoms with Gasteiger partial charge in [-0.25, -0.2) is 4.98 Å². The van der Waals surface area contributed by atoms with E-state index >= 15 is 0 Å². The molecule has 4 rings (SSSR count). The second-order valence-corrected chi connectivity index (χ2v) is 6.58. The van der Waals surface area contributed by atoms with E-state index in [1.807, 2.05) is 30.3 Å². The first-order valence-corrected chi connectivity index (χ1v) is 8.56. The molecular formula is C20H12ClF3N2O2. The highest BCUT2D eigenvalue weighted by Crippen LogP contribution is 2.34. The average Bonchev–Trinajstić information content (AvgIpc) is 3.09. The number of amides is 1. The lowest BCUT2D eigenvalue weighted by Crippen LogP contribution is -2.38.